The number of ether oxygens (including phenoxy) is 1. The number of nitrogens with one attached hydrogen (secondary N) is 1. The summed E-state index contributed by atoms with van der Waals surface area (Å²) in [4.78, 5) is 11.5. The average molecular weight is 274 g/mol. The van der Waals surface area contributed by atoms with Crippen molar-refractivity contribution >= 4 is 35.0 Å². The molecule has 1 aromatic carbocycles. The maximum absolute atomic E-state index is 11.5. The quantitative estimate of drug-likeness (QED) is 0.638. The predicted molar refractivity (Wildman–Crippen MR) is 74.3 cm³/mol. The molecule has 0 fully saturated rings. The molecule has 1 N–H and O–H groups in total. The third kappa shape index (κ3) is 4.48. The summed E-state index contributed by atoms with van der Waals surface area (Å²) >= 11 is 7.71. The van der Waals surface area contributed by atoms with Crippen molar-refractivity contribution in [2.75, 3.05) is 31.0 Å². The fourth-order valence-corrected chi connectivity index (χ4v) is 2.00. The highest BCUT2D eigenvalue weighted by molar-refractivity contribution is 7.98. The van der Waals surface area contributed by atoms with Crippen LogP contribution in [0, 0.1) is 0 Å². The van der Waals surface area contributed by atoms with Gasteiger partial charge < -0.3 is 10.1 Å². The van der Waals surface area contributed by atoms with E-state index in [0.717, 1.165) is 24.4 Å². The monoisotopic (exact) mass is 273 g/mol. The lowest BCUT2D eigenvalue weighted by Gasteiger charge is -2.10. The van der Waals surface area contributed by atoms with E-state index in [2.05, 4.69) is 11.6 Å². The zero-order valence-electron chi connectivity index (χ0n) is 9.96. The molecule has 5 heteroatoms. The van der Waals surface area contributed by atoms with Crippen LogP contribution in [0.2, 0.25) is 5.02 Å². The minimum Gasteiger partial charge on any atom is -0.465 e. The van der Waals surface area contributed by atoms with Gasteiger partial charge in [-0.25, -0.2) is 4.79 Å². The van der Waals surface area contributed by atoms with Crippen LogP contribution in [0.3, 0.4) is 0 Å². The molecule has 0 bridgehead atoms. The highest BCUT2D eigenvalue weighted by Gasteiger charge is 2.11. The second-order valence-electron chi connectivity index (χ2n) is 3.45. The van der Waals surface area contributed by atoms with Crippen LogP contribution in [0.25, 0.3) is 0 Å². The number of esters is 1. The van der Waals surface area contributed by atoms with Crippen LogP contribution in [-0.2, 0) is 4.74 Å². The van der Waals surface area contributed by atoms with Gasteiger partial charge >= 0.3 is 5.97 Å². The zero-order valence-corrected chi connectivity index (χ0v) is 11.5. The Labute approximate surface area is 111 Å². The molecular weight excluding hydrogens is 258 g/mol. The lowest BCUT2D eigenvalue weighted by atomic mass is 10.1. The fraction of sp³-hybridized carbons (Fsp3) is 0.417. The first-order valence-electron chi connectivity index (χ1n) is 5.29. The summed E-state index contributed by atoms with van der Waals surface area (Å²) in [6, 6.07) is 5.10. The summed E-state index contributed by atoms with van der Waals surface area (Å²) in [6.07, 6.45) is 3.10. The van der Waals surface area contributed by atoms with Crippen molar-refractivity contribution < 1.29 is 9.53 Å². The smallest absolute Gasteiger partial charge is 0.339 e. The number of rotatable bonds is 6. The maximum atomic E-state index is 11.5. The van der Waals surface area contributed by atoms with Crippen LogP contribution >= 0.6 is 23.4 Å². The van der Waals surface area contributed by atoms with Gasteiger partial charge in [0, 0.05) is 11.6 Å². The predicted octanol–water partition coefficient (Wildman–Crippen LogP) is 3.29. The molecule has 0 aliphatic rings. The number of carbonyl (C=O) groups excluding carboxylic acids is 1. The molecule has 0 aliphatic carbocycles. The Morgan fingerprint density at radius 2 is 2.29 bits per heavy atom. The molecule has 94 valence electrons. The number of benzene rings is 1. The van der Waals surface area contributed by atoms with E-state index in [9.17, 15) is 4.79 Å². The second-order valence-corrected chi connectivity index (χ2v) is 4.88. The Kier molecular flexibility index (Phi) is 6.22. The SMILES string of the molecule is COC(=O)c1ccc(Cl)cc1NCCCSC. The summed E-state index contributed by atoms with van der Waals surface area (Å²) in [5.74, 6) is 0.732. The second kappa shape index (κ2) is 7.45. The third-order valence-electron chi connectivity index (χ3n) is 2.23. The summed E-state index contributed by atoms with van der Waals surface area (Å²) in [5.41, 5.74) is 1.24. The fourth-order valence-electron chi connectivity index (χ4n) is 1.39. The van der Waals surface area contributed by atoms with Gasteiger partial charge in [0.25, 0.3) is 0 Å². The molecule has 1 aromatic rings. The first-order chi connectivity index (χ1) is 8.19. The molecule has 0 saturated heterocycles. The molecule has 3 nitrogen and oxygen atoms in total. The number of anilines is 1. The van der Waals surface area contributed by atoms with Crippen LogP contribution in [0.15, 0.2) is 18.2 Å². The molecule has 0 amide bonds. The van der Waals surface area contributed by atoms with Gasteiger partial charge in [0.15, 0.2) is 0 Å². The molecule has 0 spiro atoms. The van der Waals surface area contributed by atoms with Crippen LogP contribution < -0.4 is 5.32 Å². The highest BCUT2D eigenvalue weighted by Crippen LogP contribution is 2.21. The number of methoxy groups -OCH3 is 1. The van der Waals surface area contributed by atoms with Gasteiger partial charge in [0.2, 0.25) is 0 Å². The number of hydrogen-bond donors (Lipinski definition) is 1. The van der Waals surface area contributed by atoms with Crippen LogP contribution in [0.4, 0.5) is 5.69 Å². The van der Waals surface area contributed by atoms with Gasteiger partial charge in [0.05, 0.1) is 18.4 Å². The normalized spacial score (nSPS) is 10.1. The van der Waals surface area contributed by atoms with E-state index in [-0.39, 0.29) is 5.97 Å². The van der Waals surface area contributed by atoms with Crippen molar-refractivity contribution in [1.82, 2.24) is 0 Å². The first-order valence-corrected chi connectivity index (χ1v) is 7.07. The van der Waals surface area contributed by atoms with E-state index in [4.69, 9.17) is 16.3 Å². The third-order valence-corrected chi connectivity index (χ3v) is 3.16. The van der Waals surface area contributed by atoms with E-state index < -0.39 is 0 Å². The Balaban J connectivity index is 2.73. The highest BCUT2D eigenvalue weighted by atomic mass is 35.5. The lowest BCUT2D eigenvalue weighted by Crippen LogP contribution is -2.09. The summed E-state index contributed by atoms with van der Waals surface area (Å²) in [7, 11) is 1.37. The Hall–Kier alpha value is -0.870. The van der Waals surface area contributed by atoms with Gasteiger partial charge in [-0.05, 0) is 36.6 Å². The summed E-state index contributed by atoms with van der Waals surface area (Å²) < 4.78 is 4.72. The minimum atomic E-state index is -0.353. The van der Waals surface area contributed by atoms with Crippen molar-refractivity contribution in [2.45, 2.75) is 6.42 Å². The Bertz CT molecular complexity index is 385. The molecule has 17 heavy (non-hydrogen) atoms. The van der Waals surface area contributed by atoms with Crippen LogP contribution in [0.5, 0.6) is 0 Å². The van der Waals surface area contributed by atoms with E-state index in [0.29, 0.717) is 10.6 Å². The van der Waals surface area contributed by atoms with Crippen molar-refractivity contribution in [3.63, 3.8) is 0 Å². The van der Waals surface area contributed by atoms with Gasteiger partial charge in [-0.3, -0.25) is 0 Å². The van der Waals surface area contributed by atoms with Gasteiger partial charge in [-0.15, -0.1) is 0 Å². The molecule has 0 heterocycles. The molecule has 0 aromatic heterocycles. The number of hydrogen-bond acceptors (Lipinski definition) is 4. The van der Waals surface area contributed by atoms with Crippen molar-refractivity contribution in [3.8, 4) is 0 Å². The largest absolute Gasteiger partial charge is 0.465 e. The molecule has 1 rings (SSSR count). The van der Waals surface area contributed by atoms with Crippen LogP contribution in [-0.4, -0.2) is 31.6 Å². The standard InChI is InChI=1S/C12H16ClNO2S/c1-16-12(15)10-5-4-9(13)8-11(10)14-6-3-7-17-2/h4-5,8,14H,3,6-7H2,1-2H3. The van der Waals surface area contributed by atoms with E-state index >= 15 is 0 Å². The molecule has 0 radical (unpaired) electrons. The van der Waals surface area contributed by atoms with Gasteiger partial charge in [0.1, 0.15) is 0 Å². The maximum Gasteiger partial charge on any atom is 0.339 e. The molecular formula is C12H16ClNO2S. The van der Waals surface area contributed by atoms with Gasteiger partial charge in [-0.2, -0.15) is 11.8 Å². The first kappa shape index (κ1) is 14.2. The molecule has 0 unspecified atom stereocenters. The molecule has 0 atom stereocenters. The van der Waals surface area contributed by atoms with Crippen LogP contribution in [0.1, 0.15) is 16.8 Å². The number of halogens is 1. The number of carbonyl (C=O) groups is 1. The Morgan fingerprint density at radius 3 is 2.94 bits per heavy atom. The topological polar surface area (TPSA) is 38.3 Å². The number of thioether (sulfide) groups is 1. The average Bonchev–Trinajstić information content (AvgIpc) is 2.34. The van der Waals surface area contributed by atoms with E-state index in [1.165, 1.54) is 7.11 Å². The molecule has 0 aliphatic heterocycles. The zero-order chi connectivity index (χ0) is 12.7. The summed E-state index contributed by atoms with van der Waals surface area (Å²) in [6.45, 7) is 0.811. The Morgan fingerprint density at radius 1 is 1.53 bits per heavy atom. The summed E-state index contributed by atoms with van der Waals surface area (Å²) in [5, 5.41) is 3.81. The van der Waals surface area contributed by atoms with E-state index in [1.54, 1.807) is 30.0 Å². The van der Waals surface area contributed by atoms with Crippen molar-refractivity contribution in [3.05, 3.63) is 28.8 Å². The van der Waals surface area contributed by atoms with Crippen molar-refractivity contribution in [1.29, 1.82) is 0 Å². The lowest BCUT2D eigenvalue weighted by molar-refractivity contribution is 0.0602. The van der Waals surface area contributed by atoms with Crippen molar-refractivity contribution in [2.24, 2.45) is 0 Å². The molecule has 0 saturated carbocycles. The minimum absolute atomic E-state index is 0.353. The van der Waals surface area contributed by atoms with Gasteiger partial charge in [-0.1, -0.05) is 11.6 Å². The van der Waals surface area contributed by atoms with E-state index in [1.807, 2.05) is 0 Å².